The van der Waals surface area contributed by atoms with E-state index in [9.17, 15) is 13.2 Å². The standard InChI is InChI=1S/C33H43ClN6O4S3/c1-20(2)44-28-17-24(23-12-14-40(15-13-23)33(41)46-19-30(45)39(6)7)22(5)16-27(28)37-32-35-18-25(34)31(38-32)36-26-10-8-9-11-29(26)47(42,43)21(3)4/h8-11,16-18,20-21,23H,12-15,19H2,1-7H3,(H2,35,36,37,38). The summed E-state index contributed by atoms with van der Waals surface area (Å²) in [5.74, 6) is 1.97. The number of sulfone groups is 1. The number of hydrogen-bond donors (Lipinski definition) is 2. The second kappa shape index (κ2) is 15.8. The van der Waals surface area contributed by atoms with Crippen LogP contribution in [-0.2, 0) is 9.84 Å². The molecule has 0 radical (unpaired) electrons. The number of carbonyl (C=O) groups excluding carboxylic acids is 1. The summed E-state index contributed by atoms with van der Waals surface area (Å²) < 4.78 is 32.2. The van der Waals surface area contributed by atoms with Crippen LogP contribution >= 0.6 is 35.6 Å². The number of amides is 1. The molecular formula is C33H43ClN6O4S3. The number of anilines is 4. The SMILES string of the molecule is Cc1cc(Nc2ncc(Cl)c(Nc3ccccc3S(=O)(=O)C(C)C)n2)c(OC(C)C)cc1C1CCN(C(=O)SCC(=S)N(C)C)CC1. The second-order valence-corrected chi connectivity index (χ2v) is 16.5. The van der Waals surface area contributed by atoms with Crippen molar-refractivity contribution in [3.8, 4) is 5.75 Å². The summed E-state index contributed by atoms with van der Waals surface area (Å²) >= 11 is 13.1. The molecule has 14 heteroatoms. The number of nitrogens with one attached hydrogen (secondary N) is 2. The van der Waals surface area contributed by atoms with E-state index in [1.807, 2.05) is 43.8 Å². The van der Waals surface area contributed by atoms with E-state index in [2.05, 4.69) is 33.6 Å². The van der Waals surface area contributed by atoms with Crippen molar-refractivity contribution in [3.05, 3.63) is 58.7 Å². The first-order valence-electron chi connectivity index (χ1n) is 15.5. The van der Waals surface area contributed by atoms with Gasteiger partial charge >= 0.3 is 0 Å². The van der Waals surface area contributed by atoms with Gasteiger partial charge in [-0.25, -0.2) is 13.4 Å². The fourth-order valence-corrected chi connectivity index (χ4v) is 7.53. The number of aryl methyl sites for hydroxylation is 1. The molecule has 1 amide bonds. The maximum atomic E-state index is 13.0. The van der Waals surface area contributed by atoms with Gasteiger partial charge in [0.25, 0.3) is 5.24 Å². The predicted molar refractivity (Wildman–Crippen MR) is 197 cm³/mol. The zero-order valence-corrected chi connectivity index (χ0v) is 31.0. The van der Waals surface area contributed by atoms with E-state index in [1.165, 1.54) is 23.5 Å². The molecular weight excluding hydrogens is 676 g/mol. The molecule has 0 aliphatic carbocycles. The molecule has 0 spiro atoms. The van der Waals surface area contributed by atoms with E-state index in [0.717, 1.165) is 23.4 Å². The number of carbonyl (C=O) groups is 1. The second-order valence-electron chi connectivity index (χ2n) is 12.2. The zero-order valence-electron chi connectivity index (χ0n) is 27.8. The van der Waals surface area contributed by atoms with Gasteiger partial charge in [0.1, 0.15) is 10.8 Å². The highest BCUT2D eigenvalue weighted by atomic mass is 35.5. The van der Waals surface area contributed by atoms with Crippen LogP contribution < -0.4 is 15.4 Å². The van der Waals surface area contributed by atoms with Gasteiger partial charge < -0.3 is 25.2 Å². The highest BCUT2D eigenvalue weighted by Crippen LogP contribution is 2.39. The van der Waals surface area contributed by atoms with Crippen molar-refractivity contribution in [1.29, 1.82) is 0 Å². The molecule has 2 N–H and O–H groups in total. The average Bonchev–Trinajstić information content (AvgIpc) is 3.02. The van der Waals surface area contributed by atoms with Gasteiger partial charge in [0.2, 0.25) is 5.95 Å². The average molecular weight is 719 g/mol. The highest BCUT2D eigenvalue weighted by molar-refractivity contribution is 8.14. The van der Waals surface area contributed by atoms with Gasteiger partial charge in [0, 0.05) is 27.2 Å². The number of rotatable bonds is 11. The number of likely N-dealkylation sites (tertiary alicyclic amines) is 1. The Balaban J connectivity index is 1.53. The lowest BCUT2D eigenvalue weighted by Gasteiger charge is -2.33. The number of halogens is 1. The quantitative estimate of drug-likeness (QED) is 0.189. The lowest BCUT2D eigenvalue weighted by atomic mass is 9.86. The molecule has 1 aliphatic heterocycles. The molecule has 0 atom stereocenters. The van der Waals surface area contributed by atoms with Crippen molar-refractivity contribution in [1.82, 2.24) is 19.8 Å². The molecule has 254 valence electrons. The molecule has 0 bridgehead atoms. The molecule has 0 unspecified atom stereocenters. The highest BCUT2D eigenvalue weighted by Gasteiger charge is 2.27. The van der Waals surface area contributed by atoms with Crippen molar-refractivity contribution >= 4 is 78.8 Å². The molecule has 1 fully saturated rings. The normalized spacial score (nSPS) is 14.0. The minimum Gasteiger partial charge on any atom is -0.489 e. The Kier molecular flexibility index (Phi) is 12.4. The molecule has 10 nitrogen and oxygen atoms in total. The van der Waals surface area contributed by atoms with E-state index in [0.29, 0.717) is 36.0 Å². The summed E-state index contributed by atoms with van der Waals surface area (Å²) in [7, 11) is 0.222. The summed E-state index contributed by atoms with van der Waals surface area (Å²) in [4.78, 5) is 26.4. The number of aromatic nitrogens is 2. The number of piperidine rings is 1. The monoisotopic (exact) mass is 718 g/mol. The van der Waals surface area contributed by atoms with Crippen LogP contribution in [0.3, 0.4) is 0 Å². The molecule has 1 aliphatic rings. The molecule has 2 aromatic carbocycles. The number of benzene rings is 2. The Morgan fingerprint density at radius 3 is 2.45 bits per heavy atom. The van der Waals surface area contributed by atoms with Crippen LogP contribution in [-0.4, -0.2) is 82.7 Å². The largest absolute Gasteiger partial charge is 0.489 e. The fraction of sp³-hybridized carbons (Fsp3) is 0.455. The summed E-state index contributed by atoms with van der Waals surface area (Å²) in [5, 5.41) is 6.09. The van der Waals surface area contributed by atoms with E-state index in [1.54, 1.807) is 38.1 Å². The third-order valence-corrected chi connectivity index (χ3v) is 11.9. The molecule has 4 rings (SSSR count). The number of nitrogens with zero attached hydrogens (tertiary/aromatic N) is 4. The van der Waals surface area contributed by atoms with Gasteiger partial charge in [-0.2, -0.15) is 4.98 Å². The van der Waals surface area contributed by atoms with Crippen LogP contribution in [0.5, 0.6) is 5.75 Å². The molecule has 1 aromatic heterocycles. The molecule has 1 saturated heterocycles. The zero-order chi connectivity index (χ0) is 34.5. The van der Waals surface area contributed by atoms with Crippen molar-refractivity contribution in [2.45, 2.75) is 69.6 Å². The first-order valence-corrected chi connectivity index (χ1v) is 18.8. The van der Waals surface area contributed by atoms with Crippen molar-refractivity contribution in [3.63, 3.8) is 0 Å². The van der Waals surface area contributed by atoms with Crippen molar-refractivity contribution in [2.75, 3.05) is 43.6 Å². The third-order valence-electron chi connectivity index (χ3n) is 7.80. The van der Waals surface area contributed by atoms with E-state index in [-0.39, 0.29) is 38.9 Å². The molecule has 2 heterocycles. The van der Waals surface area contributed by atoms with Crippen LogP contribution in [0.15, 0.2) is 47.5 Å². The molecule has 47 heavy (non-hydrogen) atoms. The predicted octanol–water partition coefficient (Wildman–Crippen LogP) is 7.82. The smallest absolute Gasteiger partial charge is 0.282 e. The lowest BCUT2D eigenvalue weighted by Crippen LogP contribution is -2.36. The first kappa shape index (κ1) is 36.7. The minimum atomic E-state index is -3.56. The summed E-state index contributed by atoms with van der Waals surface area (Å²) in [6.45, 7) is 10.7. The third kappa shape index (κ3) is 9.27. The van der Waals surface area contributed by atoms with E-state index < -0.39 is 15.1 Å². The van der Waals surface area contributed by atoms with Crippen molar-refractivity contribution in [2.24, 2.45) is 0 Å². The number of thiocarbonyl (C=S) groups is 1. The first-order chi connectivity index (χ1) is 22.2. The Bertz CT molecular complexity index is 1710. The summed E-state index contributed by atoms with van der Waals surface area (Å²) in [5.41, 5.74) is 3.33. The van der Waals surface area contributed by atoms with Gasteiger partial charge in [-0.1, -0.05) is 47.7 Å². The van der Waals surface area contributed by atoms with E-state index >= 15 is 0 Å². The molecule has 0 saturated carbocycles. The fourth-order valence-electron chi connectivity index (χ4n) is 5.14. The topological polar surface area (TPSA) is 117 Å². The van der Waals surface area contributed by atoms with Gasteiger partial charge in [0.15, 0.2) is 15.7 Å². The number of para-hydroxylation sites is 1. The Morgan fingerprint density at radius 2 is 1.81 bits per heavy atom. The van der Waals surface area contributed by atoms with Crippen LogP contribution in [0.1, 0.15) is 57.6 Å². The summed E-state index contributed by atoms with van der Waals surface area (Å²) in [6, 6.07) is 10.8. The van der Waals surface area contributed by atoms with Crippen LogP contribution in [0, 0.1) is 6.92 Å². The van der Waals surface area contributed by atoms with Crippen LogP contribution in [0.25, 0.3) is 0 Å². The van der Waals surface area contributed by atoms with Gasteiger partial charge in [-0.3, -0.25) is 4.79 Å². The van der Waals surface area contributed by atoms with Gasteiger partial charge in [-0.05, 0) is 88.8 Å². The summed E-state index contributed by atoms with van der Waals surface area (Å²) in [6.07, 6.45) is 3.08. The number of hydrogen-bond acceptors (Lipinski definition) is 10. The van der Waals surface area contributed by atoms with Gasteiger partial charge in [0.05, 0.1) is 44.6 Å². The Labute approximate surface area is 292 Å². The Morgan fingerprint density at radius 1 is 1.13 bits per heavy atom. The van der Waals surface area contributed by atoms with Crippen LogP contribution in [0.4, 0.5) is 27.9 Å². The number of ether oxygens (including phenoxy) is 1. The van der Waals surface area contributed by atoms with E-state index in [4.69, 9.17) is 28.6 Å². The maximum Gasteiger partial charge on any atom is 0.282 e. The number of thioether (sulfide) groups is 1. The van der Waals surface area contributed by atoms with Crippen molar-refractivity contribution < 1.29 is 17.9 Å². The van der Waals surface area contributed by atoms with Crippen LogP contribution in [0.2, 0.25) is 5.02 Å². The molecule has 3 aromatic rings. The maximum absolute atomic E-state index is 13.0. The lowest BCUT2D eigenvalue weighted by molar-refractivity contribution is 0.205. The van der Waals surface area contributed by atoms with Gasteiger partial charge in [-0.15, -0.1) is 0 Å². The Hall–Kier alpha value is -3.13. The minimum absolute atomic E-state index is 0.0645.